The lowest BCUT2D eigenvalue weighted by Crippen LogP contribution is -2.30. The van der Waals surface area contributed by atoms with Crippen LogP contribution in [0, 0.1) is 0 Å². The fourth-order valence-electron chi connectivity index (χ4n) is 1.18. The van der Waals surface area contributed by atoms with E-state index in [0.717, 1.165) is 37.7 Å². The molecule has 0 aromatic rings. The largest absolute Gasteiger partial charge is 0.492 e. The third-order valence-electron chi connectivity index (χ3n) is 1.61. The Balaban J connectivity index is 2.17. The smallest absolute Gasteiger partial charge is 0.138 e. The fourth-order valence-corrected chi connectivity index (χ4v) is 1.18. The van der Waals surface area contributed by atoms with E-state index in [1.54, 1.807) is 0 Å². The van der Waals surface area contributed by atoms with Gasteiger partial charge in [-0.3, -0.25) is 0 Å². The van der Waals surface area contributed by atoms with E-state index in [4.69, 9.17) is 4.74 Å². The molecule has 0 aromatic heterocycles. The van der Waals surface area contributed by atoms with Gasteiger partial charge in [0.2, 0.25) is 0 Å². The molecule has 0 unspecified atom stereocenters. The fraction of sp³-hybridized carbons (Fsp3) is 0.667. The molecule has 2 rings (SSSR count). The Morgan fingerprint density at radius 3 is 3.00 bits per heavy atom. The van der Waals surface area contributed by atoms with Crippen LogP contribution in [-0.4, -0.2) is 19.7 Å². The maximum absolute atomic E-state index is 5.36. The van der Waals surface area contributed by atoms with Crippen molar-refractivity contribution in [2.45, 2.75) is 6.42 Å². The first-order valence-electron chi connectivity index (χ1n) is 3.30. The van der Waals surface area contributed by atoms with Gasteiger partial charge < -0.3 is 15.4 Å². The first kappa shape index (κ1) is 4.97. The highest BCUT2D eigenvalue weighted by atomic mass is 16.5. The second-order valence-electron chi connectivity index (χ2n) is 2.25. The lowest BCUT2D eigenvalue weighted by Gasteiger charge is -2.16. The number of rotatable bonds is 0. The van der Waals surface area contributed by atoms with Gasteiger partial charge in [-0.25, -0.2) is 0 Å². The highest BCUT2D eigenvalue weighted by molar-refractivity contribution is 5.12. The van der Waals surface area contributed by atoms with Crippen molar-refractivity contribution >= 4 is 0 Å². The van der Waals surface area contributed by atoms with Crippen molar-refractivity contribution in [1.82, 2.24) is 10.6 Å². The first-order chi connectivity index (χ1) is 4.47. The summed E-state index contributed by atoms with van der Waals surface area (Å²) >= 11 is 0. The third kappa shape index (κ3) is 0.724. The van der Waals surface area contributed by atoms with Crippen LogP contribution in [0.4, 0.5) is 0 Å². The normalized spacial score (nSPS) is 24.0. The minimum atomic E-state index is 0.820. The molecular formula is C6H10N2O. The monoisotopic (exact) mass is 126 g/mol. The number of nitrogens with one attached hydrogen (secondary N) is 2. The number of ether oxygens (including phenoxy) is 1. The number of hydrogen-bond acceptors (Lipinski definition) is 3. The third-order valence-corrected chi connectivity index (χ3v) is 1.61. The van der Waals surface area contributed by atoms with Crippen LogP contribution >= 0.6 is 0 Å². The van der Waals surface area contributed by atoms with Gasteiger partial charge in [-0.05, 0) is 0 Å². The van der Waals surface area contributed by atoms with Crippen molar-refractivity contribution in [3.8, 4) is 0 Å². The van der Waals surface area contributed by atoms with Crippen molar-refractivity contribution in [1.29, 1.82) is 0 Å². The zero-order chi connectivity index (χ0) is 6.10. The molecule has 2 N–H and O–H groups in total. The van der Waals surface area contributed by atoms with E-state index >= 15 is 0 Å². The van der Waals surface area contributed by atoms with Gasteiger partial charge in [0, 0.05) is 13.0 Å². The zero-order valence-corrected chi connectivity index (χ0v) is 5.24. The Hall–Kier alpha value is -0.860. The van der Waals surface area contributed by atoms with E-state index in [9.17, 15) is 0 Å². The van der Waals surface area contributed by atoms with E-state index in [0.29, 0.717) is 0 Å². The van der Waals surface area contributed by atoms with E-state index in [1.165, 1.54) is 0 Å². The quantitative estimate of drug-likeness (QED) is 0.470. The molecule has 2 aliphatic heterocycles. The minimum absolute atomic E-state index is 0.820. The van der Waals surface area contributed by atoms with Crippen LogP contribution in [0.3, 0.4) is 0 Å². The molecule has 3 nitrogen and oxygen atoms in total. The van der Waals surface area contributed by atoms with Gasteiger partial charge in [-0.2, -0.15) is 0 Å². The molecule has 0 saturated heterocycles. The van der Waals surface area contributed by atoms with Gasteiger partial charge in [0.1, 0.15) is 18.2 Å². The van der Waals surface area contributed by atoms with Crippen LogP contribution in [-0.2, 0) is 4.74 Å². The highest BCUT2D eigenvalue weighted by Gasteiger charge is 2.17. The summed E-state index contributed by atoms with van der Waals surface area (Å²) in [6.45, 7) is 2.78. The summed E-state index contributed by atoms with van der Waals surface area (Å²) in [7, 11) is 0. The molecule has 0 spiro atoms. The highest BCUT2D eigenvalue weighted by Crippen LogP contribution is 2.14. The standard InChI is InChI=1S/C6H10N2O/c1-2-7-6-5(1)9-4-3-8-6/h7-8H,1-4H2. The molecular weight excluding hydrogens is 116 g/mol. The van der Waals surface area contributed by atoms with Crippen LogP contribution in [0.25, 0.3) is 0 Å². The van der Waals surface area contributed by atoms with Crippen LogP contribution in [0.1, 0.15) is 6.42 Å². The molecule has 50 valence electrons. The van der Waals surface area contributed by atoms with Crippen molar-refractivity contribution in [3.63, 3.8) is 0 Å². The molecule has 0 atom stereocenters. The molecule has 2 heterocycles. The van der Waals surface area contributed by atoms with E-state index in [1.807, 2.05) is 0 Å². The average molecular weight is 126 g/mol. The van der Waals surface area contributed by atoms with Crippen molar-refractivity contribution in [3.05, 3.63) is 11.6 Å². The summed E-state index contributed by atoms with van der Waals surface area (Å²) in [6, 6.07) is 0. The Kier molecular flexibility index (Phi) is 1.01. The molecule has 3 heteroatoms. The lowest BCUT2D eigenvalue weighted by atomic mass is 10.4. The van der Waals surface area contributed by atoms with Crippen molar-refractivity contribution in [2.75, 3.05) is 19.7 Å². The van der Waals surface area contributed by atoms with Gasteiger partial charge in [0.15, 0.2) is 0 Å². The van der Waals surface area contributed by atoms with Crippen LogP contribution < -0.4 is 10.6 Å². The van der Waals surface area contributed by atoms with E-state index in [-0.39, 0.29) is 0 Å². The summed E-state index contributed by atoms with van der Waals surface area (Å²) in [5.41, 5.74) is 0. The summed E-state index contributed by atoms with van der Waals surface area (Å²) in [5.74, 6) is 2.22. The topological polar surface area (TPSA) is 33.3 Å². The predicted molar refractivity (Wildman–Crippen MR) is 33.6 cm³/mol. The van der Waals surface area contributed by atoms with E-state index in [2.05, 4.69) is 10.6 Å². The van der Waals surface area contributed by atoms with Crippen LogP contribution in [0.15, 0.2) is 11.6 Å². The Labute approximate surface area is 54.1 Å². The van der Waals surface area contributed by atoms with Gasteiger partial charge in [-0.15, -0.1) is 0 Å². The molecule has 0 aromatic carbocycles. The second-order valence-corrected chi connectivity index (χ2v) is 2.25. The molecule has 0 fully saturated rings. The van der Waals surface area contributed by atoms with Crippen LogP contribution in [0.5, 0.6) is 0 Å². The lowest BCUT2D eigenvalue weighted by molar-refractivity contribution is 0.189. The molecule has 0 amide bonds. The average Bonchev–Trinajstić information content (AvgIpc) is 2.33. The molecule has 0 saturated carbocycles. The van der Waals surface area contributed by atoms with Gasteiger partial charge >= 0.3 is 0 Å². The van der Waals surface area contributed by atoms with Crippen molar-refractivity contribution in [2.24, 2.45) is 0 Å². The van der Waals surface area contributed by atoms with Crippen LogP contribution in [0.2, 0.25) is 0 Å². The summed E-state index contributed by atoms with van der Waals surface area (Å²) in [5, 5.41) is 6.43. The van der Waals surface area contributed by atoms with Gasteiger partial charge in [0.05, 0.1) is 6.54 Å². The Morgan fingerprint density at radius 2 is 2.11 bits per heavy atom. The maximum atomic E-state index is 5.36. The van der Waals surface area contributed by atoms with Gasteiger partial charge in [-0.1, -0.05) is 0 Å². The molecule has 0 aliphatic carbocycles. The SMILES string of the molecule is C1COC2=C(N1)NCC2. The van der Waals surface area contributed by atoms with Gasteiger partial charge in [0.25, 0.3) is 0 Å². The first-order valence-corrected chi connectivity index (χ1v) is 3.30. The molecule has 9 heavy (non-hydrogen) atoms. The summed E-state index contributed by atoms with van der Waals surface area (Å²) < 4.78 is 5.36. The summed E-state index contributed by atoms with van der Waals surface area (Å²) in [4.78, 5) is 0. The Morgan fingerprint density at radius 1 is 1.22 bits per heavy atom. The second kappa shape index (κ2) is 1.83. The number of hydrogen-bond donors (Lipinski definition) is 2. The minimum Gasteiger partial charge on any atom is -0.492 e. The zero-order valence-electron chi connectivity index (χ0n) is 5.24. The molecule has 2 aliphatic rings. The summed E-state index contributed by atoms with van der Waals surface area (Å²) in [6.07, 6.45) is 1.04. The predicted octanol–water partition coefficient (Wildman–Crippen LogP) is -0.231. The maximum Gasteiger partial charge on any atom is 0.138 e. The Bertz CT molecular complexity index is 137. The molecule has 0 bridgehead atoms. The van der Waals surface area contributed by atoms with E-state index < -0.39 is 0 Å². The van der Waals surface area contributed by atoms with Crippen molar-refractivity contribution < 1.29 is 4.74 Å². The molecule has 0 radical (unpaired) electrons.